The highest BCUT2D eigenvalue weighted by Crippen LogP contribution is 2.35. The highest BCUT2D eigenvalue weighted by atomic mass is 15.2. The number of nitrogens with zero attached hydrogens (tertiary/aromatic N) is 1. The molecule has 1 fully saturated rings. The first-order valence-electron chi connectivity index (χ1n) is 8.09. The summed E-state index contributed by atoms with van der Waals surface area (Å²) in [5, 5.41) is 0. The minimum absolute atomic E-state index is 0.399. The fourth-order valence-electron chi connectivity index (χ4n) is 3.48. The van der Waals surface area contributed by atoms with E-state index in [0.717, 1.165) is 11.8 Å². The van der Waals surface area contributed by atoms with Crippen LogP contribution in [-0.4, -0.2) is 18.0 Å². The van der Waals surface area contributed by atoms with Crippen LogP contribution in [0, 0.1) is 11.8 Å². The summed E-state index contributed by atoms with van der Waals surface area (Å²) in [6.45, 7) is 7.13. The Labute approximate surface area is 128 Å². The second kappa shape index (κ2) is 6.44. The average Bonchev–Trinajstić information content (AvgIpc) is 3.00. The third-order valence-electron chi connectivity index (χ3n) is 4.79. The van der Waals surface area contributed by atoms with Gasteiger partial charge in [0, 0.05) is 6.54 Å². The number of rotatable bonds is 4. The minimum Gasteiger partial charge on any atom is -0.292 e. The van der Waals surface area contributed by atoms with Gasteiger partial charge in [-0.1, -0.05) is 74.5 Å². The van der Waals surface area contributed by atoms with Crippen molar-refractivity contribution in [3.63, 3.8) is 0 Å². The molecule has 0 amide bonds. The molecule has 3 rings (SSSR count). The van der Waals surface area contributed by atoms with Gasteiger partial charge in [0.1, 0.15) is 0 Å². The van der Waals surface area contributed by atoms with Crippen LogP contribution in [0.2, 0.25) is 0 Å². The Bertz CT molecular complexity index is 507. The van der Waals surface area contributed by atoms with Gasteiger partial charge in [0.05, 0.1) is 6.04 Å². The van der Waals surface area contributed by atoms with Crippen LogP contribution in [-0.2, 0) is 0 Å². The third kappa shape index (κ3) is 3.19. The van der Waals surface area contributed by atoms with Crippen molar-refractivity contribution in [2.24, 2.45) is 11.8 Å². The van der Waals surface area contributed by atoms with E-state index in [0.29, 0.717) is 6.04 Å². The normalized spacial score (nSPS) is 19.5. The van der Waals surface area contributed by atoms with Crippen molar-refractivity contribution in [1.82, 2.24) is 4.90 Å². The third-order valence-corrected chi connectivity index (χ3v) is 4.79. The van der Waals surface area contributed by atoms with Crippen LogP contribution in [0.3, 0.4) is 0 Å². The SMILES string of the molecule is CC(C)[C@H]1CCN(C(c2ccccc2)c2ccccc2)C1. The predicted octanol–water partition coefficient (Wildman–Crippen LogP) is 4.75. The summed E-state index contributed by atoms with van der Waals surface area (Å²) in [6, 6.07) is 22.3. The standard InChI is InChI=1S/C20H25N/c1-16(2)19-13-14-21(15-19)20(17-9-5-3-6-10-17)18-11-7-4-8-12-18/h3-12,16,19-20H,13-15H2,1-2H3/t19-/m0/s1. The van der Waals surface area contributed by atoms with Gasteiger partial charge in [-0.15, -0.1) is 0 Å². The van der Waals surface area contributed by atoms with Crippen LogP contribution < -0.4 is 0 Å². The van der Waals surface area contributed by atoms with E-state index in [9.17, 15) is 0 Å². The first-order valence-corrected chi connectivity index (χ1v) is 8.09. The second-order valence-corrected chi connectivity index (χ2v) is 6.51. The van der Waals surface area contributed by atoms with Gasteiger partial charge >= 0.3 is 0 Å². The molecule has 21 heavy (non-hydrogen) atoms. The molecule has 0 radical (unpaired) electrons. The monoisotopic (exact) mass is 279 g/mol. The Hall–Kier alpha value is -1.60. The largest absolute Gasteiger partial charge is 0.292 e. The molecule has 0 aliphatic carbocycles. The van der Waals surface area contributed by atoms with Crippen molar-refractivity contribution in [3.05, 3.63) is 71.8 Å². The van der Waals surface area contributed by atoms with Crippen molar-refractivity contribution in [2.45, 2.75) is 26.3 Å². The molecule has 2 aromatic carbocycles. The number of likely N-dealkylation sites (tertiary alicyclic amines) is 1. The lowest BCUT2D eigenvalue weighted by Gasteiger charge is -2.29. The molecule has 1 aliphatic heterocycles. The maximum atomic E-state index is 2.66. The van der Waals surface area contributed by atoms with Crippen LogP contribution in [0.4, 0.5) is 0 Å². The highest BCUT2D eigenvalue weighted by Gasteiger charge is 2.31. The van der Waals surface area contributed by atoms with Crippen molar-refractivity contribution >= 4 is 0 Å². The van der Waals surface area contributed by atoms with Crippen molar-refractivity contribution in [2.75, 3.05) is 13.1 Å². The van der Waals surface area contributed by atoms with Gasteiger partial charge in [-0.25, -0.2) is 0 Å². The quantitative estimate of drug-likeness (QED) is 0.780. The zero-order valence-electron chi connectivity index (χ0n) is 13.1. The molecule has 1 nitrogen and oxygen atoms in total. The van der Waals surface area contributed by atoms with E-state index < -0.39 is 0 Å². The first-order chi connectivity index (χ1) is 10.3. The van der Waals surface area contributed by atoms with Crippen LogP contribution in [0.5, 0.6) is 0 Å². The molecule has 1 heteroatoms. The topological polar surface area (TPSA) is 3.24 Å². The lowest BCUT2D eigenvalue weighted by molar-refractivity contribution is 0.257. The second-order valence-electron chi connectivity index (χ2n) is 6.51. The van der Waals surface area contributed by atoms with E-state index in [2.05, 4.69) is 79.4 Å². The Balaban J connectivity index is 1.91. The molecular weight excluding hydrogens is 254 g/mol. The molecule has 1 heterocycles. The van der Waals surface area contributed by atoms with Crippen molar-refractivity contribution in [1.29, 1.82) is 0 Å². The van der Waals surface area contributed by atoms with Crippen LogP contribution in [0.1, 0.15) is 37.4 Å². The molecule has 1 aliphatic rings. The highest BCUT2D eigenvalue weighted by molar-refractivity contribution is 5.32. The minimum atomic E-state index is 0.399. The molecule has 0 unspecified atom stereocenters. The van der Waals surface area contributed by atoms with Gasteiger partial charge < -0.3 is 0 Å². The summed E-state index contributed by atoms with van der Waals surface area (Å²) >= 11 is 0. The summed E-state index contributed by atoms with van der Waals surface area (Å²) in [4.78, 5) is 2.66. The van der Waals surface area contributed by atoms with Gasteiger partial charge in [0.2, 0.25) is 0 Å². The van der Waals surface area contributed by atoms with E-state index in [1.165, 1.54) is 30.6 Å². The molecular formula is C20H25N. The summed E-state index contributed by atoms with van der Waals surface area (Å²) in [6.07, 6.45) is 1.33. The molecule has 1 atom stereocenters. The van der Waals surface area contributed by atoms with Gasteiger partial charge in [-0.05, 0) is 35.9 Å². The van der Waals surface area contributed by atoms with Gasteiger partial charge in [-0.3, -0.25) is 4.90 Å². The Kier molecular flexibility index (Phi) is 4.40. The molecule has 1 saturated heterocycles. The first kappa shape index (κ1) is 14.3. The zero-order valence-corrected chi connectivity index (χ0v) is 13.1. The summed E-state index contributed by atoms with van der Waals surface area (Å²) in [5.41, 5.74) is 2.82. The fraction of sp³-hybridized carbons (Fsp3) is 0.400. The number of benzene rings is 2. The van der Waals surface area contributed by atoms with E-state index >= 15 is 0 Å². The molecule has 0 spiro atoms. The maximum Gasteiger partial charge on any atom is 0.0601 e. The Morgan fingerprint density at radius 3 is 1.81 bits per heavy atom. The van der Waals surface area contributed by atoms with Crippen LogP contribution in [0.25, 0.3) is 0 Å². The predicted molar refractivity (Wildman–Crippen MR) is 89.2 cm³/mol. The molecule has 110 valence electrons. The van der Waals surface area contributed by atoms with Gasteiger partial charge in [0.15, 0.2) is 0 Å². The average molecular weight is 279 g/mol. The Morgan fingerprint density at radius 1 is 0.857 bits per heavy atom. The lowest BCUT2D eigenvalue weighted by Crippen LogP contribution is -2.28. The van der Waals surface area contributed by atoms with E-state index in [4.69, 9.17) is 0 Å². The number of hydrogen-bond donors (Lipinski definition) is 0. The van der Waals surface area contributed by atoms with Crippen molar-refractivity contribution < 1.29 is 0 Å². The smallest absolute Gasteiger partial charge is 0.0601 e. The zero-order chi connectivity index (χ0) is 14.7. The molecule has 0 N–H and O–H groups in total. The Morgan fingerprint density at radius 2 is 1.38 bits per heavy atom. The van der Waals surface area contributed by atoms with Crippen molar-refractivity contribution in [3.8, 4) is 0 Å². The fourth-order valence-corrected chi connectivity index (χ4v) is 3.48. The molecule has 0 saturated carbocycles. The van der Waals surface area contributed by atoms with Crippen LogP contribution in [0.15, 0.2) is 60.7 Å². The van der Waals surface area contributed by atoms with Gasteiger partial charge in [0.25, 0.3) is 0 Å². The lowest BCUT2D eigenvalue weighted by atomic mass is 9.94. The summed E-state index contributed by atoms with van der Waals surface area (Å²) < 4.78 is 0. The number of hydrogen-bond acceptors (Lipinski definition) is 1. The van der Waals surface area contributed by atoms with Gasteiger partial charge in [-0.2, -0.15) is 0 Å². The maximum absolute atomic E-state index is 2.66. The van der Waals surface area contributed by atoms with E-state index in [1.54, 1.807) is 0 Å². The van der Waals surface area contributed by atoms with E-state index in [-0.39, 0.29) is 0 Å². The molecule has 0 aromatic heterocycles. The summed E-state index contributed by atoms with van der Waals surface area (Å²) in [7, 11) is 0. The molecule has 2 aromatic rings. The van der Waals surface area contributed by atoms with Crippen LogP contribution >= 0.6 is 0 Å². The summed E-state index contributed by atoms with van der Waals surface area (Å²) in [5.74, 6) is 1.61. The molecule has 0 bridgehead atoms. The van der Waals surface area contributed by atoms with E-state index in [1.807, 2.05) is 0 Å².